The van der Waals surface area contributed by atoms with Crippen LogP contribution in [0.15, 0.2) is 81.3 Å². The van der Waals surface area contributed by atoms with Crippen LogP contribution in [0.25, 0.3) is 21.9 Å². The lowest BCUT2D eigenvalue weighted by molar-refractivity contribution is -0.137. The average Bonchev–Trinajstić information content (AvgIpc) is 3.18. The summed E-state index contributed by atoms with van der Waals surface area (Å²) in [6, 6.07) is 15.8. The number of carbonyl (C=O) groups excluding carboxylic acids is 1. The Kier molecular flexibility index (Phi) is 5.26. The molecule has 0 fully saturated rings. The zero-order chi connectivity index (χ0) is 22.1. The van der Waals surface area contributed by atoms with Gasteiger partial charge in [0.1, 0.15) is 0 Å². The number of hydrogen-bond donors (Lipinski definition) is 1. The third kappa shape index (κ3) is 4.45. The maximum Gasteiger partial charge on any atom is 0.416 e. The van der Waals surface area contributed by atoms with Gasteiger partial charge in [0.2, 0.25) is 0 Å². The van der Waals surface area contributed by atoms with E-state index in [4.69, 9.17) is 0 Å². The highest BCUT2D eigenvalue weighted by atomic mass is 19.4. The maximum absolute atomic E-state index is 12.8. The number of carbonyl (C=O) groups is 1. The van der Waals surface area contributed by atoms with Crippen molar-refractivity contribution in [1.29, 1.82) is 0 Å². The van der Waals surface area contributed by atoms with Gasteiger partial charge in [0, 0.05) is 18.5 Å². The minimum Gasteiger partial charge on any atom is -0.352 e. The van der Waals surface area contributed by atoms with Crippen molar-refractivity contribution in [2.24, 2.45) is 20.7 Å². The molecule has 1 N–H and O–H groups in total. The van der Waals surface area contributed by atoms with Crippen LogP contribution in [0, 0.1) is 0 Å². The quantitative estimate of drug-likeness (QED) is 0.519. The molecular weight excluding hydrogens is 407 g/mol. The molecule has 31 heavy (non-hydrogen) atoms. The molecule has 0 saturated heterocycles. The Bertz CT molecular complexity index is 1170. The SMILES string of the molecule is CC1(CCNC(=O)c2ccc3c(-c4ccc(C(F)(F)F)cc4)cccc3c2)N=NN=N1. The zero-order valence-corrected chi connectivity index (χ0v) is 16.5. The summed E-state index contributed by atoms with van der Waals surface area (Å²) in [5.74, 6) is -0.239. The molecule has 1 heterocycles. The molecule has 0 aromatic heterocycles. The van der Waals surface area contributed by atoms with Gasteiger partial charge in [-0.1, -0.05) is 36.4 Å². The molecule has 0 unspecified atom stereocenters. The van der Waals surface area contributed by atoms with Crippen molar-refractivity contribution in [2.45, 2.75) is 25.2 Å². The molecule has 0 spiro atoms. The molecule has 1 aliphatic heterocycles. The number of rotatable bonds is 5. The van der Waals surface area contributed by atoms with Gasteiger partial charge in [-0.2, -0.15) is 13.2 Å². The molecule has 4 rings (SSSR count). The monoisotopic (exact) mass is 425 g/mol. The van der Waals surface area contributed by atoms with Crippen molar-refractivity contribution in [2.75, 3.05) is 6.54 Å². The fourth-order valence-corrected chi connectivity index (χ4v) is 3.38. The highest BCUT2D eigenvalue weighted by Crippen LogP contribution is 2.33. The first kappa shape index (κ1) is 20.6. The summed E-state index contributed by atoms with van der Waals surface area (Å²) in [6.07, 6.45) is -3.90. The van der Waals surface area contributed by atoms with Crippen LogP contribution in [-0.2, 0) is 6.18 Å². The Morgan fingerprint density at radius 2 is 1.71 bits per heavy atom. The van der Waals surface area contributed by atoms with Crippen molar-refractivity contribution in [1.82, 2.24) is 5.32 Å². The lowest BCUT2D eigenvalue weighted by atomic mass is 9.96. The summed E-state index contributed by atoms with van der Waals surface area (Å²) >= 11 is 0. The summed E-state index contributed by atoms with van der Waals surface area (Å²) < 4.78 is 38.5. The van der Waals surface area contributed by atoms with Crippen molar-refractivity contribution >= 4 is 16.7 Å². The van der Waals surface area contributed by atoms with Crippen LogP contribution >= 0.6 is 0 Å². The Morgan fingerprint density at radius 1 is 1.00 bits per heavy atom. The normalized spacial score (nSPS) is 14.8. The second kappa shape index (κ2) is 7.90. The number of alkyl halides is 3. The number of nitrogens with one attached hydrogen (secondary N) is 1. The number of halogens is 3. The van der Waals surface area contributed by atoms with Crippen molar-refractivity contribution in [3.05, 3.63) is 71.8 Å². The van der Waals surface area contributed by atoms with E-state index in [9.17, 15) is 18.0 Å². The van der Waals surface area contributed by atoms with Crippen LogP contribution in [0.3, 0.4) is 0 Å². The van der Waals surface area contributed by atoms with E-state index < -0.39 is 17.4 Å². The Hall–Kier alpha value is -3.62. The topological polar surface area (TPSA) is 78.5 Å². The second-order valence-electron chi connectivity index (χ2n) is 7.42. The number of benzene rings is 3. The number of nitrogens with zero attached hydrogens (tertiary/aromatic N) is 4. The van der Waals surface area contributed by atoms with E-state index in [1.54, 1.807) is 25.1 Å². The van der Waals surface area contributed by atoms with E-state index >= 15 is 0 Å². The van der Waals surface area contributed by atoms with Crippen LogP contribution in [0.5, 0.6) is 0 Å². The van der Waals surface area contributed by atoms with Crippen LogP contribution in [0.4, 0.5) is 13.2 Å². The van der Waals surface area contributed by atoms with Gasteiger partial charge >= 0.3 is 6.18 Å². The average molecular weight is 425 g/mol. The van der Waals surface area contributed by atoms with E-state index in [2.05, 4.69) is 26.0 Å². The van der Waals surface area contributed by atoms with Crippen LogP contribution in [0.2, 0.25) is 0 Å². The van der Waals surface area contributed by atoms with E-state index in [1.807, 2.05) is 18.2 Å². The molecule has 1 aliphatic rings. The lowest BCUT2D eigenvalue weighted by Crippen LogP contribution is -2.29. The molecule has 3 aromatic carbocycles. The van der Waals surface area contributed by atoms with Crippen molar-refractivity contribution < 1.29 is 18.0 Å². The molecule has 0 aliphatic carbocycles. The van der Waals surface area contributed by atoms with Gasteiger partial charge < -0.3 is 5.32 Å². The van der Waals surface area contributed by atoms with E-state index in [-0.39, 0.29) is 5.91 Å². The molecule has 1 amide bonds. The second-order valence-corrected chi connectivity index (χ2v) is 7.42. The summed E-state index contributed by atoms with van der Waals surface area (Å²) in [6.45, 7) is 2.13. The maximum atomic E-state index is 12.8. The Morgan fingerprint density at radius 3 is 2.39 bits per heavy atom. The van der Waals surface area contributed by atoms with Gasteiger partial charge in [-0.05, 0) is 63.5 Å². The molecule has 3 aromatic rings. The van der Waals surface area contributed by atoms with Crippen LogP contribution < -0.4 is 5.32 Å². The van der Waals surface area contributed by atoms with Gasteiger partial charge in [-0.15, -0.1) is 10.2 Å². The predicted octanol–water partition coefficient (Wildman–Crippen LogP) is 6.19. The first-order valence-electron chi connectivity index (χ1n) is 9.58. The molecule has 158 valence electrons. The van der Waals surface area contributed by atoms with Crippen molar-refractivity contribution in [3.63, 3.8) is 0 Å². The number of hydrogen-bond acceptors (Lipinski definition) is 5. The largest absolute Gasteiger partial charge is 0.416 e. The molecule has 0 radical (unpaired) electrons. The smallest absolute Gasteiger partial charge is 0.352 e. The Balaban J connectivity index is 1.53. The predicted molar refractivity (Wildman–Crippen MR) is 109 cm³/mol. The number of fused-ring (bicyclic) bond motifs is 1. The fourth-order valence-electron chi connectivity index (χ4n) is 3.38. The van der Waals surface area contributed by atoms with E-state index in [1.165, 1.54) is 12.1 Å². The summed E-state index contributed by atoms with van der Waals surface area (Å²) in [4.78, 5) is 12.5. The van der Waals surface area contributed by atoms with Crippen LogP contribution in [-0.4, -0.2) is 18.1 Å². The lowest BCUT2D eigenvalue weighted by Gasteiger charge is -2.14. The van der Waals surface area contributed by atoms with E-state index in [0.717, 1.165) is 28.5 Å². The minimum atomic E-state index is -4.37. The highest BCUT2D eigenvalue weighted by Gasteiger charge is 2.30. The van der Waals surface area contributed by atoms with Gasteiger partial charge in [-0.3, -0.25) is 4.79 Å². The molecule has 6 nitrogen and oxygen atoms in total. The standard InChI is InChI=1S/C22H18F3N5O/c1-21(27-29-30-28-21)11-12-26-20(31)16-7-10-19-15(13-16)3-2-4-18(19)14-5-8-17(9-6-14)22(23,24)25/h2-10,13H,11-12H2,1H3,(H,26,31). The van der Waals surface area contributed by atoms with Crippen molar-refractivity contribution in [3.8, 4) is 11.1 Å². The molecule has 9 heteroatoms. The fraction of sp³-hybridized carbons (Fsp3) is 0.227. The minimum absolute atomic E-state index is 0.239. The molecular formula is C22H18F3N5O. The first-order valence-corrected chi connectivity index (χ1v) is 9.58. The molecule has 0 saturated carbocycles. The Labute approximate surface area is 175 Å². The van der Waals surface area contributed by atoms with Gasteiger partial charge in [-0.25, -0.2) is 0 Å². The summed E-state index contributed by atoms with van der Waals surface area (Å²) in [7, 11) is 0. The third-order valence-electron chi connectivity index (χ3n) is 5.11. The van der Waals surface area contributed by atoms with E-state index in [0.29, 0.717) is 24.1 Å². The van der Waals surface area contributed by atoms with Gasteiger partial charge in [0.15, 0.2) is 5.66 Å². The third-order valence-corrected chi connectivity index (χ3v) is 5.11. The zero-order valence-electron chi connectivity index (χ0n) is 16.5. The summed E-state index contributed by atoms with van der Waals surface area (Å²) in [5, 5.41) is 19.3. The molecule has 0 bridgehead atoms. The molecule has 0 atom stereocenters. The number of amides is 1. The van der Waals surface area contributed by atoms with Gasteiger partial charge in [0.05, 0.1) is 5.56 Å². The first-order chi connectivity index (χ1) is 14.8. The van der Waals surface area contributed by atoms with Crippen LogP contribution in [0.1, 0.15) is 29.3 Å². The van der Waals surface area contributed by atoms with Gasteiger partial charge in [0.25, 0.3) is 5.91 Å². The highest BCUT2D eigenvalue weighted by molar-refractivity contribution is 6.02. The summed E-state index contributed by atoms with van der Waals surface area (Å²) in [5.41, 5.74) is 0.515.